The maximum Gasteiger partial charge on any atom is 0.420 e. The first-order valence-corrected chi connectivity index (χ1v) is 10.3. The van der Waals surface area contributed by atoms with Crippen molar-refractivity contribution in [1.29, 1.82) is 5.26 Å². The van der Waals surface area contributed by atoms with E-state index in [1.54, 1.807) is 0 Å². The number of halogens is 5. The van der Waals surface area contributed by atoms with Crippen molar-refractivity contribution in [1.82, 2.24) is 5.32 Å². The van der Waals surface area contributed by atoms with Crippen LogP contribution in [0.4, 0.5) is 33.3 Å². The Hall–Kier alpha value is -3.59. The van der Waals surface area contributed by atoms with Gasteiger partial charge in [0.15, 0.2) is 10.9 Å². The van der Waals surface area contributed by atoms with Crippen LogP contribution in [-0.2, 0) is 11.0 Å². The topological polar surface area (TPSA) is 85.2 Å². The Balaban J connectivity index is 2.06. The molecule has 1 aliphatic rings. The van der Waals surface area contributed by atoms with Crippen molar-refractivity contribution in [3.05, 3.63) is 58.7 Å². The van der Waals surface area contributed by atoms with E-state index in [0.717, 1.165) is 18.2 Å². The summed E-state index contributed by atoms with van der Waals surface area (Å²) in [5.41, 5.74) is -4.81. The van der Waals surface area contributed by atoms with Gasteiger partial charge >= 0.3 is 6.18 Å². The average molecular weight is 496 g/mol. The normalized spacial score (nSPS) is 14.4. The highest BCUT2D eigenvalue weighted by molar-refractivity contribution is 7.80. The number of anilines is 2. The van der Waals surface area contributed by atoms with E-state index < -0.39 is 46.1 Å². The standard InChI is InChI=1S/C22H17F5N4O2S/c1-29-19(33)14-5-4-13(9-15(14)23)31(21(11-32)7-2-8-21)20(34)30-16-6-3-12(10-28)17(18(16)24)22(25,26)27/h3-6,9,11H,2,7-8H2,1H3,(H,29,33)(H,30,34). The minimum atomic E-state index is -5.15. The predicted molar refractivity (Wildman–Crippen MR) is 117 cm³/mol. The summed E-state index contributed by atoms with van der Waals surface area (Å²) >= 11 is 5.30. The molecule has 0 unspecified atom stereocenters. The fraction of sp³-hybridized carbons (Fsp3) is 0.273. The van der Waals surface area contributed by atoms with Gasteiger partial charge in [-0.25, -0.2) is 8.78 Å². The molecule has 12 heteroatoms. The first-order chi connectivity index (χ1) is 16.0. The summed E-state index contributed by atoms with van der Waals surface area (Å²) in [5, 5.41) is 13.2. The Kier molecular flexibility index (Phi) is 6.88. The molecule has 1 aliphatic carbocycles. The minimum absolute atomic E-state index is 0.0413. The fourth-order valence-electron chi connectivity index (χ4n) is 3.69. The van der Waals surface area contributed by atoms with Gasteiger partial charge in [-0.1, -0.05) is 0 Å². The molecule has 1 saturated carbocycles. The van der Waals surface area contributed by atoms with Crippen LogP contribution in [0.25, 0.3) is 0 Å². The smallest absolute Gasteiger partial charge is 0.355 e. The number of rotatable bonds is 5. The number of thiocarbonyl (C=S) groups is 1. The van der Waals surface area contributed by atoms with Crippen LogP contribution >= 0.6 is 12.2 Å². The van der Waals surface area contributed by atoms with Crippen molar-refractivity contribution >= 4 is 40.9 Å². The molecule has 1 fully saturated rings. The van der Waals surface area contributed by atoms with Crippen LogP contribution in [0.5, 0.6) is 0 Å². The molecule has 1 amide bonds. The molecule has 2 aromatic carbocycles. The van der Waals surface area contributed by atoms with Gasteiger partial charge in [-0.3, -0.25) is 4.79 Å². The first kappa shape index (κ1) is 25.0. The molecule has 0 heterocycles. The average Bonchev–Trinajstić information content (AvgIpc) is 2.75. The van der Waals surface area contributed by atoms with E-state index in [0.29, 0.717) is 25.5 Å². The molecule has 6 nitrogen and oxygen atoms in total. The first-order valence-electron chi connectivity index (χ1n) is 9.88. The molecule has 178 valence electrons. The molecule has 3 rings (SSSR count). The van der Waals surface area contributed by atoms with Crippen molar-refractivity contribution < 1.29 is 31.5 Å². The molecule has 0 atom stereocenters. The number of nitriles is 1. The number of nitrogens with zero attached hydrogens (tertiary/aromatic N) is 2. The number of hydrogen-bond donors (Lipinski definition) is 2. The van der Waals surface area contributed by atoms with Crippen molar-refractivity contribution in [2.24, 2.45) is 0 Å². The number of aldehydes is 1. The lowest BCUT2D eigenvalue weighted by molar-refractivity contribution is -0.140. The second kappa shape index (κ2) is 9.34. The summed E-state index contributed by atoms with van der Waals surface area (Å²) in [6, 6.07) is 6.45. The van der Waals surface area contributed by atoms with Crippen LogP contribution in [0, 0.1) is 23.0 Å². The quantitative estimate of drug-likeness (QED) is 0.359. The number of nitrogens with one attached hydrogen (secondary N) is 2. The molecule has 2 aromatic rings. The number of alkyl halides is 3. The van der Waals surface area contributed by atoms with Crippen molar-refractivity contribution in [3.8, 4) is 6.07 Å². The van der Waals surface area contributed by atoms with Gasteiger partial charge in [0.25, 0.3) is 5.91 Å². The number of hydrogen-bond acceptors (Lipinski definition) is 4. The molecule has 0 spiro atoms. The van der Waals surface area contributed by atoms with Crippen LogP contribution in [0.1, 0.15) is 40.7 Å². The van der Waals surface area contributed by atoms with Crippen LogP contribution in [0.15, 0.2) is 30.3 Å². The monoisotopic (exact) mass is 496 g/mol. The third-order valence-electron chi connectivity index (χ3n) is 5.56. The van der Waals surface area contributed by atoms with Gasteiger partial charge in [-0.05, 0) is 61.8 Å². The maximum atomic E-state index is 14.8. The van der Waals surface area contributed by atoms with E-state index in [4.69, 9.17) is 17.5 Å². The van der Waals surface area contributed by atoms with Gasteiger partial charge in [0.05, 0.1) is 22.9 Å². The largest absolute Gasteiger partial charge is 0.420 e. The Morgan fingerprint density at radius 1 is 1.24 bits per heavy atom. The van der Waals surface area contributed by atoms with Crippen LogP contribution in [0.2, 0.25) is 0 Å². The third kappa shape index (κ3) is 4.43. The van der Waals surface area contributed by atoms with E-state index >= 15 is 0 Å². The molecular weight excluding hydrogens is 479 g/mol. The highest BCUT2D eigenvalue weighted by Gasteiger charge is 2.45. The lowest BCUT2D eigenvalue weighted by Gasteiger charge is -2.47. The minimum Gasteiger partial charge on any atom is -0.355 e. The van der Waals surface area contributed by atoms with Gasteiger partial charge in [-0.2, -0.15) is 18.4 Å². The predicted octanol–water partition coefficient (Wildman–Crippen LogP) is 4.54. The molecule has 0 radical (unpaired) electrons. The molecule has 0 bridgehead atoms. The van der Waals surface area contributed by atoms with E-state index in [-0.39, 0.29) is 16.4 Å². The SMILES string of the molecule is CNC(=O)c1ccc(N(C(=S)Nc2ccc(C#N)c(C(F)(F)F)c2F)C2(C=O)CCC2)cc1F. The number of carbonyl (C=O) groups excluding carboxylic acids is 2. The Morgan fingerprint density at radius 2 is 1.91 bits per heavy atom. The van der Waals surface area contributed by atoms with Crippen molar-refractivity contribution in [3.63, 3.8) is 0 Å². The molecule has 2 N–H and O–H groups in total. The molecule has 0 aliphatic heterocycles. The lowest BCUT2D eigenvalue weighted by atomic mass is 9.76. The zero-order valence-corrected chi connectivity index (χ0v) is 18.4. The molecular formula is C22H17F5N4O2S. The van der Waals surface area contributed by atoms with Gasteiger partial charge in [-0.15, -0.1) is 0 Å². The van der Waals surface area contributed by atoms with Gasteiger partial charge in [0.2, 0.25) is 0 Å². The zero-order chi connectivity index (χ0) is 25.3. The number of benzene rings is 2. The maximum absolute atomic E-state index is 14.8. The highest BCUT2D eigenvalue weighted by Crippen LogP contribution is 2.41. The van der Waals surface area contributed by atoms with Gasteiger partial charge in [0.1, 0.15) is 23.2 Å². The summed E-state index contributed by atoms with van der Waals surface area (Å²) in [5.74, 6) is -3.36. The summed E-state index contributed by atoms with van der Waals surface area (Å²) in [4.78, 5) is 25.0. The summed E-state index contributed by atoms with van der Waals surface area (Å²) in [6.07, 6.45) is -3.32. The highest BCUT2D eigenvalue weighted by atomic mass is 32.1. The Morgan fingerprint density at radius 3 is 2.38 bits per heavy atom. The van der Waals surface area contributed by atoms with Crippen molar-refractivity contribution in [2.75, 3.05) is 17.3 Å². The zero-order valence-electron chi connectivity index (χ0n) is 17.6. The molecule has 0 saturated heterocycles. The summed E-state index contributed by atoms with van der Waals surface area (Å²) in [7, 11) is 1.32. The Bertz CT molecular complexity index is 1210. The fourth-order valence-corrected chi connectivity index (χ4v) is 4.08. The van der Waals surface area contributed by atoms with Crippen molar-refractivity contribution in [2.45, 2.75) is 31.0 Å². The number of amides is 1. The van der Waals surface area contributed by atoms with E-state index in [1.807, 2.05) is 0 Å². The van der Waals surface area contributed by atoms with Gasteiger partial charge < -0.3 is 20.3 Å². The Labute approximate surface area is 196 Å². The van der Waals surface area contributed by atoms with Gasteiger partial charge in [0, 0.05) is 12.7 Å². The summed E-state index contributed by atoms with van der Waals surface area (Å²) in [6.45, 7) is 0. The second-order valence-corrected chi connectivity index (χ2v) is 7.93. The second-order valence-electron chi connectivity index (χ2n) is 7.54. The van der Waals surface area contributed by atoms with Crippen LogP contribution in [-0.4, -0.2) is 29.9 Å². The summed E-state index contributed by atoms with van der Waals surface area (Å²) < 4.78 is 69.4. The lowest BCUT2D eigenvalue weighted by Crippen LogP contribution is -2.59. The molecule has 34 heavy (non-hydrogen) atoms. The van der Waals surface area contributed by atoms with Crippen LogP contribution in [0.3, 0.4) is 0 Å². The number of carbonyl (C=O) groups is 2. The molecule has 0 aromatic heterocycles. The van der Waals surface area contributed by atoms with E-state index in [9.17, 15) is 31.5 Å². The van der Waals surface area contributed by atoms with E-state index in [2.05, 4.69) is 10.6 Å². The van der Waals surface area contributed by atoms with Crippen LogP contribution < -0.4 is 15.5 Å². The third-order valence-corrected chi connectivity index (χ3v) is 5.84. The van der Waals surface area contributed by atoms with E-state index in [1.165, 1.54) is 30.1 Å².